The monoisotopic (exact) mass is 372 g/mol. The average Bonchev–Trinajstić information content (AvgIpc) is 2.87. The van der Waals surface area contributed by atoms with Gasteiger partial charge in [-0.25, -0.2) is 5.01 Å². The molecule has 8 nitrogen and oxygen atoms in total. The van der Waals surface area contributed by atoms with E-state index in [0.29, 0.717) is 10.7 Å². The molecule has 3 rings (SSSR count). The molecule has 9 heteroatoms. The Balaban J connectivity index is 1.96. The standard InChI is InChI=1S/C17H12ClN3O5/c1-9-2-4-11(8-13(9)18)20-17(24)12(16(23)19-20)6-10-3-5-15(22)14(7-10)21(25)26/h2-8,22H,1H3,(H,19,23)/p-1/b12-6+. The van der Waals surface area contributed by atoms with Crippen LogP contribution in [0.15, 0.2) is 42.0 Å². The molecule has 0 bridgehead atoms. The molecule has 2 aromatic rings. The van der Waals surface area contributed by atoms with Gasteiger partial charge in [-0.1, -0.05) is 29.8 Å². The number of hydrogen-bond acceptors (Lipinski definition) is 5. The van der Waals surface area contributed by atoms with Crippen molar-refractivity contribution in [2.45, 2.75) is 6.92 Å². The number of hydrogen-bond donors (Lipinski definition) is 1. The third kappa shape index (κ3) is 3.09. The van der Waals surface area contributed by atoms with Crippen molar-refractivity contribution in [3.8, 4) is 5.75 Å². The van der Waals surface area contributed by atoms with Crippen LogP contribution in [-0.2, 0) is 9.59 Å². The minimum Gasteiger partial charge on any atom is -0.868 e. The lowest BCUT2D eigenvalue weighted by Crippen LogP contribution is -2.35. The molecule has 1 N–H and O–H groups in total. The van der Waals surface area contributed by atoms with Gasteiger partial charge < -0.3 is 5.11 Å². The molecule has 1 aliphatic rings. The fraction of sp³-hybridized carbons (Fsp3) is 0.0588. The van der Waals surface area contributed by atoms with Gasteiger partial charge in [0.2, 0.25) is 0 Å². The summed E-state index contributed by atoms with van der Waals surface area (Å²) in [4.78, 5) is 34.7. The van der Waals surface area contributed by atoms with Crippen molar-refractivity contribution < 1.29 is 19.6 Å². The smallest absolute Gasteiger partial charge is 0.282 e. The number of halogens is 1. The highest BCUT2D eigenvalue weighted by Crippen LogP contribution is 2.28. The van der Waals surface area contributed by atoms with Crippen LogP contribution in [0.1, 0.15) is 11.1 Å². The SMILES string of the molecule is Cc1ccc(N2NC(=O)/C(=C\c3ccc([O-])c([N+](=O)[O-])c3)C2=O)cc1Cl. The Bertz CT molecular complexity index is 986. The molecule has 0 spiro atoms. The molecule has 1 heterocycles. The van der Waals surface area contributed by atoms with Gasteiger partial charge in [0.15, 0.2) is 0 Å². The molecule has 2 aromatic carbocycles. The molecule has 0 saturated carbocycles. The van der Waals surface area contributed by atoms with Crippen molar-refractivity contribution in [2.24, 2.45) is 0 Å². The van der Waals surface area contributed by atoms with E-state index in [2.05, 4.69) is 5.43 Å². The van der Waals surface area contributed by atoms with Crippen LogP contribution in [0.5, 0.6) is 5.75 Å². The van der Waals surface area contributed by atoms with Crippen molar-refractivity contribution in [2.75, 3.05) is 5.01 Å². The molecule has 26 heavy (non-hydrogen) atoms. The number of hydrazine groups is 1. The van der Waals surface area contributed by atoms with E-state index in [1.54, 1.807) is 19.1 Å². The third-order valence-electron chi connectivity index (χ3n) is 3.80. The zero-order valence-electron chi connectivity index (χ0n) is 13.4. The van der Waals surface area contributed by atoms with Gasteiger partial charge in [-0.05, 0) is 42.0 Å². The lowest BCUT2D eigenvalue weighted by molar-refractivity contribution is -0.398. The first-order valence-corrected chi connectivity index (χ1v) is 7.74. The van der Waals surface area contributed by atoms with Crippen LogP contribution in [0.25, 0.3) is 6.08 Å². The topological polar surface area (TPSA) is 116 Å². The Morgan fingerprint density at radius 2 is 1.92 bits per heavy atom. The average molecular weight is 373 g/mol. The second-order valence-corrected chi connectivity index (χ2v) is 5.96. The fourth-order valence-electron chi connectivity index (χ4n) is 2.39. The van der Waals surface area contributed by atoms with Gasteiger partial charge in [0.1, 0.15) is 5.57 Å². The summed E-state index contributed by atoms with van der Waals surface area (Å²) < 4.78 is 0. The molecule has 1 saturated heterocycles. The molecule has 0 radical (unpaired) electrons. The number of anilines is 1. The van der Waals surface area contributed by atoms with E-state index in [1.165, 1.54) is 18.2 Å². The van der Waals surface area contributed by atoms with Gasteiger partial charge in [-0.15, -0.1) is 0 Å². The number of nitro benzene ring substituents is 1. The lowest BCUT2D eigenvalue weighted by atomic mass is 10.1. The van der Waals surface area contributed by atoms with E-state index >= 15 is 0 Å². The number of carbonyl (C=O) groups excluding carboxylic acids is 2. The predicted octanol–water partition coefficient (Wildman–Crippen LogP) is 2.09. The maximum Gasteiger partial charge on any atom is 0.282 e. The van der Waals surface area contributed by atoms with Gasteiger partial charge in [0.25, 0.3) is 17.5 Å². The zero-order valence-corrected chi connectivity index (χ0v) is 14.1. The highest BCUT2D eigenvalue weighted by atomic mass is 35.5. The number of carbonyl (C=O) groups is 2. The molecule has 0 aromatic heterocycles. The Hall–Kier alpha value is -3.39. The summed E-state index contributed by atoms with van der Waals surface area (Å²) in [5.41, 5.74) is 2.95. The number of nitrogens with zero attached hydrogens (tertiary/aromatic N) is 2. The van der Waals surface area contributed by atoms with Gasteiger partial charge in [-0.3, -0.25) is 25.1 Å². The summed E-state index contributed by atoms with van der Waals surface area (Å²) in [5, 5.41) is 23.8. The zero-order chi connectivity index (χ0) is 19.0. The first-order chi connectivity index (χ1) is 12.3. The Labute approximate surface area is 152 Å². The first-order valence-electron chi connectivity index (χ1n) is 7.36. The molecular weight excluding hydrogens is 362 g/mol. The molecule has 0 aliphatic carbocycles. The Morgan fingerprint density at radius 1 is 1.19 bits per heavy atom. The molecule has 1 fully saturated rings. The van der Waals surface area contributed by atoms with Crippen molar-refractivity contribution in [3.05, 3.63) is 68.2 Å². The number of aryl methyl sites for hydroxylation is 1. The van der Waals surface area contributed by atoms with E-state index in [9.17, 15) is 24.8 Å². The quantitative estimate of drug-likeness (QED) is 0.383. The van der Waals surface area contributed by atoms with Crippen LogP contribution in [-0.4, -0.2) is 16.7 Å². The number of amides is 2. The summed E-state index contributed by atoms with van der Waals surface area (Å²) in [7, 11) is 0. The van der Waals surface area contributed by atoms with Crippen molar-refractivity contribution >= 4 is 40.9 Å². The summed E-state index contributed by atoms with van der Waals surface area (Å²) in [6.45, 7) is 1.80. The van der Waals surface area contributed by atoms with E-state index < -0.39 is 28.2 Å². The molecular formula is C17H11ClN3O5-. The molecule has 1 aliphatic heterocycles. The van der Waals surface area contributed by atoms with Crippen molar-refractivity contribution in [1.29, 1.82) is 0 Å². The van der Waals surface area contributed by atoms with Crippen LogP contribution in [0.2, 0.25) is 5.02 Å². The normalized spacial score (nSPS) is 15.5. The predicted molar refractivity (Wildman–Crippen MR) is 92.3 cm³/mol. The Kier molecular flexibility index (Phi) is 4.35. The van der Waals surface area contributed by atoms with Gasteiger partial charge in [-0.2, -0.15) is 0 Å². The van der Waals surface area contributed by atoms with Gasteiger partial charge >= 0.3 is 0 Å². The van der Waals surface area contributed by atoms with Crippen LogP contribution in [0.4, 0.5) is 11.4 Å². The maximum atomic E-state index is 12.5. The highest BCUT2D eigenvalue weighted by Gasteiger charge is 2.34. The maximum absolute atomic E-state index is 12.5. The molecule has 132 valence electrons. The summed E-state index contributed by atoms with van der Waals surface area (Å²) in [5.74, 6) is -2.06. The van der Waals surface area contributed by atoms with E-state index in [4.69, 9.17) is 11.6 Å². The summed E-state index contributed by atoms with van der Waals surface area (Å²) in [6, 6.07) is 8.19. The second kappa shape index (κ2) is 6.49. The number of nitro groups is 1. The lowest BCUT2D eigenvalue weighted by Gasteiger charge is -2.15. The van der Waals surface area contributed by atoms with E-state index in [-0.39, 0.29) is 11.1 Å². The van der Waals surface area contributed by atoms with Crippen LogP contribution >= 0.6 is 11.6 Å². The van der Waals surface area contributed by atoms with Crippen LogP contribution in [0, 0.1) is 17.0 Å². The molecule has 0 unspecified atom stereocenters. The second-order valence-electron chi connectivity index (χ2n) is 5.56. The van der Waals surface area contributed by atoms with Gasteiger partial charge in [0.05, 0.1) is 10.6 Å². The minimum atomic E-state index is -0.818. The largest absolute Gasteiger partial charge is 0.868 e. The summed E-state index contributed by atoms with van der Waals surface area (Å²) >= 11 is 6.05. The number of benzene rings is 2. The van der Waals surface area contributed by atoms with Crippen molar-refractivity contribution in [3.63, 3.8) is 0 Å². The van der Waals surface area contributed by atoms with E-state index in [1.807, 2.05) is 0 Å². The van der Waals surface area contributed by atoms with Gasteiger partial charge in [0, 0.05) is 11.1 Å². The highest BCUT2D eigenvalue weighted by molar-refractivity contribution is 6.33. The van der Waals surface area contributed by atoms with Crippen LogP contribution < -0.4 is 15.5 Å². The fourth-order valence-corrected chi connectivity index (χ4v) is 2.57. The minimum absolute atomic E-state index is 0.193. The van der Waals surface area contributed by atoms with Crippen molar-refractivity contribution in [1.82, 2.24) is 5.43 Å². The molecule has 2 amide bonds. The van der Waals surface area contributed by atoms with Crippen LogP contribution in [0.3, 0.4) is 0 Å². The molecule has 0 atom stereocenters. The first kappa shape index (κ1) is 17.4. The number of rotatable bonds is 3. The third-order valence-corrected chi connectivity index (χ3v) is 4.20. The summed E-state index contributed by atoms with van der Waals surface area (Å²) in [6.07, 6.45) is 1.19. The number of nitrogens with one attached hydrogen (secondary N) is 1. The Morgan fingerprint density at radius 3 is 2.58 bits per heavy atom. The van der Waals surface area contributed by atoms with E-state index in [0.717, 1.165) is 22.7 Å².